The Bertz CT molecular complexity index is 540. The predicted molar refractivity (Wildman–Crippen MR) is 74.6 cm³/mol. The van der Waals surface area contributed by atoms with E-state index in [1.54, 1.807) is 23.1 Å². The van der Waals surface area contributed by atoms with Gasteiger partial charge >= 0.3 is 0 Å². The van der Waals surface area contributed by atoms with Crippen molar-refractivity contribution in [1.29, 1.82) is 0 Å². The number of benzene rings is 1. The molecule has 0 aliphatic heterocycles. The topological polar surface area (TPSA) is 69.0 Å². The Kier molecular flexibility index (Phi) is 5.11. The third-order valence-corrected chi connectivity index (χ3v) is 2.72. The van der Waals surface area contributed by atoms with Crippen LogP contribution in [0, 0.1) is 0 Å². The summed E-state index contributed by atoms with van der Waals surface area (Å²) in [5.74, 6) is 0.618. The monoisotopic (exact) mass is 274 g/mol. The maximum Gasteiger partial charge on any atom is 0.251 e. The molecule has 6 heteroatoms. The van der Waals surface area contributed by atoms with E-state index in [1.807, 2.05) is 19.1 Å². The SMILES string of the molecule is CCOc1cccc(C(=O)NCCCn2cncn2)c1. The summed E-state index contributed by atoms with van der Waals surface area (Å²) in [7, 11) is 0. The van der Waals surface area contributed by atoms with Crippen molar-refractivity contribution in [2.75, 3.05) is 13.2 Å². The van der Waals surface area contributed by atoms with Crippen molar-refractivity contribution in [2.24, 2.45) is 0 Å². The third kappa shape index (κ3) is 4.08. The van der Waals surface area contributed by atoms with Crippen LogP contribution in [0.3, 0.4) is 0 Å². The van der Waals surface area contributed by atoms with Gasteiger partial charge in [-0.15, -0.1) is 0 Å². The third-order valence-electron chi connectivity index (χ3n) is 2.72. The fourth-order valence-corrected chi connectivity index (χ4v) is 1.79. The van der Waals surface area contributed by atoms with Crippen LogP contribution in [0.25, 0.3) is 0 Å². The smallest absolute Gasteiger partial charge is 0.251 e. The van der Waals surface area contributed by atoms with E-state index in [0.717, 1.165) is 13.0 Å². The highest BCUT2D eigenvalue weighted by molar-refractivity contribution is 5.94. The Hall–Kier alpha value is -2.37. The summed E-state index contributed by atoms with van der Waals surface area (Å²) in [6.07, 6.45) is 3.96. The van der Waals surface area contributed by atoms with Crippen molar-refractivity contribution < 1.29 is 9.53 Å². The lowest BCUT2D eigenvalue weighted by atomic mass is 10.2. The second-order valence-electron chi connectivity index (χ2n) is 4.23. The first-order chi connectivity index (χ1) is 9.79. The van der Waals surface area contributed by atoms with Gasteiger partial charge in [0.15, 0.2) is 0 Å². The minimum atomic E-state index is -0.0925. The lowest BCUT2D eigenvalue weighted by Crippen LogP contribution is -2.25. The number of nitrogens with zero attached hydrogens (tertiary/aromatic N) is 3. The number of aromatic nitrogens is 3. The summed E-state index contributed by atoms with van der Waals surface area (Å²) >= 11 is 0. The van der Waals surface area contributed by atoms with Gasteiger partial charge < -0.3 is 10.1 Å². The van der Waals surface area contributed by atoms with Gasteiger partial charge in [-0.3, -0.25) is 9.48 Å². The molecule has 1 aromatic carbocycles. The van der Waals surface area contributed by atoms with Crippen LogP contribution in [-0.2, 0) is 6.54 Å². The molecule has 0 saturated carbocycles. The number of rotatable bonds is 7. The van der Waals surface area contributed by atoms with Crippen LogP contribution in [-0.4, -0.2) is 33.8 Å². The second kappa shape index (κ2) is 7.28. The van der Waals surface area contributed by atoms with Crippen molar-refractivity contribution in [3.05, 3.63) is 42.5 Å². The van der Waals surface area contributed by atoms with E-state index in [9.17, 15) is 4.79 Å². The fourth-order valence-electron chi connectivity index (χ4n) is 1.79. The van der Waals surface area contributed by atoms with Gasteiger partial charge in [-0.05, 0) is 31.5 Å². The van der Waals surface area contributed by atoms with Crippen LogP contribution in [0.1, 0.15) is 23.7 Å². The molecule has 0 aliphatic carbocycles. The zero-order valence-corrected chi connectivity index (χ0v) is 11.5. The minimum Gasteiger partial charge on any atom is -0.494 e. The molecule has 0 atom stereocenters. The Balaban J connectivity index is 1.78. The Morgan fingerprint density at radius 2 is 2.35 bits per heavy atom. The van der Waals surface area contributed by atoms with Crippen LogP contribution in [0.15, 0.2) is 36.9 Å². The summed E-state index contributed by atoms with van der Waals surface area (Å²) in [5, 5.41) is 6.87. The van der Waals surface area contributed by atoms with E-state index in [0.29, 0.717) is 24.5 Å². The Morgan fingerprint density at radius 1 is 1.45 bits per heavy atom. The van der Waals surface area contributed by atoms with Crippen LogP contribution < -0.4 is 10.1 Å². The van der Waals surface area contributed by atoms with E-state index in [1.165, 1.54) is 6.33 Å². The van der Waals surface area contributed by atoms with E-state index in [2.05, 4.69) is 15.4 Å². The van der Waals surface area contributed by atoms with E-state index in [-0.39, 0.29) is 5.91 Å². The molecule has 0 spiro atoms. The standard InChI is InChI=1S/C14H18N4O2/c1-2-20-13-6-3-5-12(9-13)14(19)16-7-4-8-18-11-15-10-17-18/h3,5-6,9-11H,2,4,7-8H2,1H3,(H,16,19). The van der Waals surface area contributed by atoms with Crippen molar-refractivity contribution in [3.8, 4) is 5.75 Å². The van der Waals surface area contributed by atoms with Gasteiger partial charge in [0.25, 0.3) is 5.91 Å². The molecular formula is C14H18N4O2. The zero-order valence-electron chi connectivity index (χ0n) is 11.5. The molecule has 0 fully saturated rings. The molecule has 6 nitrogen and oxygen atoms in total. The quantitative estimate of drug-likeness (QED) is 0.777. The van der Waals surface area contributed by atoms with Crippen LogP contribution >= 0.6 is 0 Å². The molecule has 1 heterocycles. The number of carbonyl (C=O) groups is 1. The molecule has 106 valence electrons. The highest BCUT2D eigenvalue weighted by Crippen LogP contribution is 2.13. The maximum atomic E-state index is 12.0. The first-order valence-corrected chi connectivity index (χ1v) is 6.63. The molecule has 1 aromatic heterocycles. The number of hydrogen-bond acceptors (Lipinski definition) is 4. The molecule has 20 heavy (non-hydrogen) atoms. The normalized spacial score (nSPS) is 10.2. The minimum absolute atomic E-state index is 0.0925. The van der Waals surface area contributed by atoms with Gasteiger partial charge in [0.05, 0.1) is 6.61 Å². The summed E-state index contributed by atoms with van der Waals surface area (Å²) < 4.78 is 7.11. The van der Waals surface area contributed by atoms with Gasteiger partial charge in [0.2, 0.25) is 0 Å². The number of carbonyl (C=O) groups excluding carboxylic acids is 1. The van der Waals surface area contributed by atoms with Crippen molar-refractivity contribution >= 4 is 5.91 Å². The van der Waals surface area contributed by atoms with Gasteiger partial charge in [0, 0.05) is 18.7 Å². The van der Waals surface area contributed by atoms with E-state index >= 15 is 0 Å². The summed E-state index contributed by atoms with van der Waals surface area (Å²) in [6, 6.07) is 7.17. The summed E-state index contributed by atoms with van der Waals surface area (Å²) in [4.78, 5) is 15.8. The maximum absolute atomic E-state index is 12.0. The van der Waals surface area contributed by atoms with Crippen molar-refractivity contribution in [2.45, 2.75) is 19.9 Å². The van der Waals surface area contributed by atoms with Gasteiger partial charge in [-0.2, -0.15) is 5.10 Å². The molecule has 0 unspecified atom stereocenters. The molecule has 0 radical (unpaired) electrons. The van der Waals surface area contributed by atoms with Crippen LogP contribution in [0.2, 0.25) is 0 Å². The zero-order chi connectivity index (χ0) is 14.2. The molecule has 1 amide bonds. The summed E-state index contributed by atoms with van der Waals surface area (Å²) in [6.45, 7) is 3.83. The number of aryl methyl sites for hydroxylation is 1. The van der Waals surface area contributed by atoms with Crippen molar-refractivity contribution in [3.63, 3.8) is 0 Å². The molecule has 0 bridgehead atoms. The highest BCUT2D eigenvalue weighted by Gasteiger charge is 2.05. The average Bonchev–Trinajstić information content (AvgIpc) is 2.97. The molecular weight excluding hydrogens is 256 g/mol. The highest BCUT2D eigenvalue weighted by atomic mass is 16.5. The first-order valence-electron chi connectivity index (χ1n) is 6.63. The molecule has 2 aromatic rings. The van der Waals surface area contributed by atoms with Crippen molar-refractivity contribution in [1.82, 2.24) is 20.1 Å². The van der Waals surface area contributed by atoms with Crippen LogP contribution in [0.5, 0.6) is 5.75 Å². The average molecular weight is 274 g/mol. The molecule has 0 aliphatic rings. The number of ether oxygens (including phenoxy) is 1. The Morgan fingerprint density at radius 3 is 3.10 bits per heavy atom. The second-order valence-corrected chi connectivity index (χ2v) is 4.23. The van der Waals surface area contributed by atoms with Gasteiger partial charge in [-0.1, -0.05) is 6.07 Å². The number of nitrogens with one attached hydrogen (secondary N) is 1. The largest absolute Gasteiger partial charge is 0.494 e. The predicted octanol–water partition coefficient (Wildman–Crippen LogP) is 1.50. The molecule has 1 N–H and O–H groups in total. The van der Waals surface area contributed by atoms with E-state index in [4.69, 9.17) is 4.74 Å². The summed E-state index contributed by atoms with van der Waals surface area (Å²) in [5.41, 5.74) is 0.608. The number of hydrogen-bond donors (Lipinski definition) is 1. The van der Waals surface area contributed by atoms with E-state index < -0.39 is 0 Å². The molecule has 0 saturated heterocycles. The first kappa shape index (κ1) is 14.0. The van der Waals surface area contributed by atoms with Crippen LogP contribution in [0.4, 0.5) is 0 Å². The Labute approximate surface area is 117 Å². The van der Waals surface area contributed by atoms with Gasteiger partial charge in [-0.25, -0.2) is 4.98 Å². The lowest BCUT2D eigenvalue weighted by molar-refractivity contribution is 0.0952. The van der Waals surface area contributed by atoms with Gasteiger partial charge in [0.1, 0.15) is 18.4 Å². The number of amides is 1. The molecule has 2 rings (SSSR count). The fraction of sp³-hybridized carbons (Fsp3) is 0.357. The lowest BCUT2D eigenvalue weighted by Gasteiger charge is -2.07.